The number of benzene rings is 1. The molecule has 1 aromatic carbocycles. The van der Waals surface area contributed by atoms with Crippen molar-refractivity contribution in [2.45, 2.75) is 50.6 Å². The van der Waals surface area contributed by atoms with Gasteiger partial charge < -0.3 is 20.4 Å². The number of nitrogens with zero attached hydrogens (tertiary/aromatic N) is 2. The van der Waals surface area contributed by atoms with E-state index in [2.05, 4.69) is 10.6 Å². The minimum atomic E-state index is -0.382. The third-order valence-electron chi connectivity index (χ3n) is 6.04. The fourth-order valence-electron chi connectivity index (χ4n) is 4.25. The van der Waals surface area contributed by atoms with Gasteiger partial charge in [-0.1, -0.05) is 12.8 Å². The van der Waals surface area contributed by atoms with Crippen molar-refractivity contribution in [2.75, 3.05) is 27.2 Å². The normalized spacial score (nSPS) is 22.3. The summed E-state index contributed by atoms with van der Waals surface area (Å²) in [6.45, 7) is 1.15. The second kappa shape index (κ2) is 9.91. The lowest BCUT2D eigenvalue weighted by Crippen LogP contribution is -2.55. The number of carbonyl (C=O) groups excluding carboxylic acids is 3. The lowest BCUT2D eigenvalue weighted by molar-refractivity contribution is -0.127. The number of carbonyl (C=O) groups is 3. The van der Waals surface area contributed by atoms with Crippen LogP contribution in [0, 0.1) is 11.7 Å². The molecule has 1 heterocycles. The summed E-state index contributed by atoms with van der Waals surface area (Å²) in [5.41, 5.74) is 0.407. The minimum absolute atomic E-state index is 0.000108. The van der Waals surface area contributed by atoms with E-state index >= 15 is 0 Å². The lowest BCUT2D eigenvalue weighted by Gasteiger charge is -2.36. The Balaban J connectivity index is 1.54. The van der Waals surface area contributed by atoms with Crippen molar-refractivity contribution < 1.29 is 18.8 Å². The largest absolute Gasteiger partial charge is 0.351 e. The highest BCUT2D eigenvalue weighted by molar-refractivity contribution is 5.94. The van der Waals surface area contributed by atoms with Crippen LogP contribution >= 0.6 is 0 Å². The molecule has 0 spiro atoms. The summed E-state index contributed by atoms with van der Waals surface area (Å²) in [6.07, 6.45) is 4.90. The van der Waals surface area contributed by atoms with Crippen LogP contribution in [0.25, 0.3) is 0 Å². The molecule has 2 fully saturated rings. The van der Waals surface area contributed by atoms with Crippen LogP contribution in [0.4, 0.5) is 9.18 Å². The van der Waals surface area contributed by atoms with Crippen LogP contribution in [-0.4, -0.2) is 66.9 Å². The molecular weight excluding hydrogens is 387 g/mol. The summed E-state index contributed by atoms with van der Waals surface area (Å²) in [5, 5.41) is 6.16. The maximum Gasteiger partial charge on any atom is 0.319 e. The van der Waals surface area contributed by atoms with Gasteiger partial charge in [0, 0.05) is 50.7 Å². The molecule has 2 N–H and O–H groups in total. The number of amides is 4. The zero-order valence-corrected chi connectivity index (χ0v) is 17.7. The SMILES string of the molecule is CN(C)C(=O)N1CCC(C(=O)NC2CCCC[C@H]2NC(=O)c2ccc(F)cc2)CC1. The second-order valence-corrected chi connectivity index (χ2v) is 8.42. The lowest BCUT2D eigenvalue weighted by atomic mass is 9.88. The van der Waals surface area contributed by atoms with E-state index < -0.39 is 0 Å². The van der Waals surface area contributed by atoms with Crippen LogP contribution < -0.4 is 10.6 Å². The first-order valence-corrected chi connectivity index (χ1v) is 10.7. The Kier molecular flexibility index (Phi) is 7.29. The molecule has 4 amide bonds. The number of likely N-dealkylation sites (tertiary alicyclic amines) is 1. The van der Waals surface area contributed by atoms with Crippen molar-refractivity contribution in [3.63, 3.8) is 0 Å². The van der Waals surface area contributed by atoms with Gasteiger partial charge >= 0.3 is 6.03 Å². The molecule has 3 rings (SSSR count). The van der Waals surface area contributed by atoms with E-state index in [0.717, 1.165) is 25.7 Å². The van der Waals surface area contributed by atoms with Crippen molar-refractivity contribution in [3.05, 3.63) is 35.6 Å². The zero-order valence-electron chi connectivity index (χ0n) is 17.7. The molecule has 1 saturated heterocycles. The van der Waals surface area contributed by atoms with Crippen LogP contribution in [0.5, 0.6) is 0 Å². The Labute approximate surface area is 177 Å². The first-order valence-electron chi connectivity index (χ1n) is 10.7. The molecule has 8 heteroatoms. The van der Waals surface area contributed by atoms with Crippen LogP contribution in [0.3, 0.4) is 0 Å². The molecule has 2 atom stereocenters. The summed E-state index contributed by atoms with van der Waals surface area (Å²) in [6, 6.07) is 5.18. The zero-order chi connectivity index (χ0) is 21.7. The summed E-state index contributed by atoms with van der Waals surface area (Å²) < 4.78 is 13.1. The summed E-state index contributed by atoms with van der Waals surface area (Å²) in [5.74, 6) is -0.754. The van der Waals surface area contributed by atoms with Gasteiger partial charge in [-0.25, -0.2) is 9.18 Å². The molecule has 0 radical (unpaired) electrons. The van der Waals surface area contributed by atoms with Gasteiger partial charge in [0.05, 0.1) is 0 Å². The molecule has 164 valence electrons. The molecule has 1 aliphatic carbocycles. The molecule has 0 bridgehead atoms. The average molecular weight is 419 g/mol. The van der Waals surface area contributed by atoms with E-state index in [1.807, 2.05) is 0 Å². The van der Waals surface area contributed by atoms with Crippen molar-refractivity contribution in [1.82, 2.24) is 20.4 Å². The molecular formula is C22H31FN4O3. The Bertz CT molecular complexity index is 760. The fourth-order valence-corrected chi connectivity index (χ4v) is 4.25. The van der Waals surface area contributed by atoms with E-state index in [4.69, 9.17) is 0 Å². The van der Waals surface area contributed by atoms with Gasteiger partial charge in [0.2, 0.25) is 5.91 Å². The number of halogens is 1. The van der Waals surface area contributed by atoms with Gasteiger partial charge in [0.25, 0.3) is 5.91 Å². The Morgan fingerprint density at radius 1 is 0.933 bits per heavy atom. The van der Waals surface area contributed by atoms with E-state index in [1.165, 1.54) is 24.3 Å². The standard InChI is InChI=1S/C22H31FN4O3/c1-26(2)22(30)27-13-11-16(12-14-27)21(29)25-19-6-4-3-5-18(19)24-20(28)15-7-9-17(23)10-8-15/h7-10,16,18-19H,3-6,11-14H2,1-2H3,(H,24,28)(H,25,29)/t18-,19?/m1/s1. The fraction of sp³-hybridized carbons (Fsp3) is 0.591. The van der Waals surface area contributed by atoms with E-state index in [0.29, 0.717) is 31.5 Å². The molecule has 1 aliphatic heterocycles. The summed E-state index contributed by atoms with van der Waals surface area (Å²) >= 11 is 0. The number of nitrogens with one attached hydrogen (secondary N) is 2. The van der Waals surface area contributed by atoms with Crippen molar-refractivity contribution in [1.29, 1.82) is 0 Å². The maximum absolute atomic E-state index is 13.1. The topological polar surface area (TPSA) is 81.8 Å². The molecule has 1 saturated carbocycles. The van der Waals surface area contributed by atoms with Gasteiger partial charge in [0.15, 0.2) is 0 Å². The third kappa shape index (κ3) is 5.49. The molecule has 2 aliphatic rings. The van der Waals surface area contributed by atoms with Crippen LogP contribution in [-0.2, 0) is 4.79 Å². The van der Waals surface area contributed by atoms with Crippen molar-refractivity contribution in [2.24, 2.45) is 5.92 Å². The molecule has 7 nitrogen and oxygen atoms in total. The minimum Gasteiger partial charge on any atom is -0.351 e. The Morgan fingerprint density at radius 3 is 2.07 bits per heavy atom. The average Bonchev–Trinajstić information content (AvgIpc) is 2.75. The number of urea groups is 1. The maximum atomic E-state index is 13.1. The smallest absolute Gasteiger partial charge is 0.319 e. The highest BCUT2D eigenvalue weighted by Gasteiger charge is 2.32. The number of hydrogen-bond acceptors (Lipinski definition) is 3. The number of rotatable bonds is 4. The van der Waals surface area contributed by atoms with Crippen LogP contribution in [0.2, 0.25) is 0 Å². The predicted octanol–water partition coefficient (Wildman–Crippen LogP) is 2.38. The van der Waals surface area contributed by atoms with Gasteiger partial charge in [-0.05, 0) is 49.9 Å². The highest BCUT2D eigenvalue weighted by Crippen LogP contribution is 2.22. The van der Waals surface area contributed by atoms with Crippen LogP contribution in [0.1, 0.15) is 48.9 Å². The van der Waals surface area contributed by atoms with E-state index in [1.54, 1.807) is 23.9 Å². The predicted molar refractivity (Wildman–Crippen MR) is 111 cm³/mol. The van der Waals surface area contributed by atoms with E-state index in [9.17, 15) is 18.8 Å². The van der Waals surface area contributed by atoms with Gasteiger partial charge in [0.1, 0.15) is 5.82 Å². The summed E-state index contributed by atoms with van der Waals surface area (Å²) in [7, 11) is 3.45. The third-order valence-corrected chi connectivity index (χ3v) is 6.04. The first-order chi connectivity index (χ1) is 14.3. The van der Waals surface area contributed by atoms with E-state index in [-0.39, 0.29) is 41.7 Å². The highest BCUT2D eigenvalue weighted by atomic mass is 19.1. The van der Waals surface area contributed by atoms with Gasteiger partial charge in [-0.2, -0.15) is 0 Å². The quantitative estimate of drug-likeness (QED) is 0.788. The molecule has 30 heavy (non-hydrogen) atoms. The first kappa shape index (κ1) is 22.1. The van der Waals surface area contributed by atoms with Gasteiger partial charge in [-0.15, -0.1) is 0 Å². The van der Waals surface area contributed by atoms with Gasteiger partial charge in [-0.3, -0.25) is 9.59 Å². The van der Waals surface area contributed by atoms with Crippen molar-refractivity contribution >= 4 is 17.8 Å². The molecule has 1 unspecified atom stereocenters. The Hall–Kier alpha value is -2.64. The Morgan fingerprint density at radius 2 is 1.50 bits per heavy atom. The number of piperidine rings is 1. The monoisotopic (exact) mass is 418 g/mol. The number of hydrogen-bond donors (Lipinski definition) is 2. The molecule has 1 aromatic rings. The summed E-state index contributed by atoms with van der Waals surface area (Å²) in [4.78, 5) is 40.7. The molecule has 0 aromatic heterocycles. The van der Waals surface area contributed by atoms with Crippen LogP contribution in [0.15, 0.2) is 24.3 Å². The van der Waals surface area contributed by atoms with Crippen molar-refractivity contribution in [3.8, 4) is 0 Å². The second-order valence-electron chi connectivity index (χ2n) is 8.42.